The van der Waals surface area contributed by atoms with Crippen LogP contribution in [0.25, 0.3) is 0 Å². The molecule has 84 valence electrons. The smallest absolute Gasteiger partial charge is 0.162 e. The molecule has 0 heterocycles. The molecule has 0 aromatic heterocycles. The van der Waals surface area contributed by atoms with E-state index in [0.717, 1.165) is 13.1 Å². The number of hydrogen-bond donors (Lipinski definition) is 0. The largest absolute Gasteiger partial charge is 0.378 e. The third-order valence-corrected chi connectivity index (χ3v) is 2.31. The molecule has 0 fully saturated rings. The number of nitrogens with zero attached hydrogens (tertiary/aromatic N) is 1. The number of rotatable bonds is 7. The molecule has 0 N–H and O–H groups in total. The first-order chi connectivity index (χ1) is 6.69. The molecule has 1 atom stereocenters. The van der Waals surface area contributed by atoms with Gasteiger partial charge in [-0.25, -0.2) is 0 Å². The van der Waals surface area contributed by atoms with Crippen LogP contribution in [0, 0.1) is 5.92 Å². The average molecular weight is 201 g/mol. The molecule has 0 aliphatic heterocycles. The highest BCUT2D eigenvalue weighted by Gasteiger charge is 2.12. The second-order valence-corrected chi connectivity index (χ2v) is 3.26. The lowest BCUT2D eigenvalue weighted by molar-refractivity contribution is -0.122. The van der Waals surface area contributed by atoms with E-state index in [2.05, 4.69) is 37.9 Å². The predicted molar refractivity (Wildman–Crippen MR) is 59.0 cm³/mol. The van der Waals surface area contributed by atoms with Crippen LogP contribution in [0.2, 0.25) is 0 Å². The van der Waals surface area contributed by atoms with Gasteiger partial charge in [0.15, 0.2) is 6.29 Å². The van der Waals surface area contributed by atoms with Crippen LogP contribution in [0.5, 0.6) is 0 Å². The molecule has 3 heteroatoms. The molecule has 0 saturated heterocycles. The maximum Gasteiger partial charge on any atom is 0.162 e. The van der Waals surface area contributed by atoms with Crippen molar-refractivity contribution in [3.63, 3.8) is 0 Å². The summed E-state index contributed by atoms with van der Waals surface area (Å²) in [6.45, 7) is 8.43. The predicted octanol–water partition coefficient (Wildman–Crippen LogP) is 2.10. The van der Waals surface area contributed by atoms with Crippen molar-refractivity contribution in [3.05, 3.63) is 12.3 Å². The molecule has 14 heavy (non-hydrogen) atoms. The van der Waals surface area contributed by atoms with Crippen LogP contribution in [-0.2, 0) is 9.47 Å². The van der Waals surface area contributed by atoms with Crippen LogP contribution in [-0.4, -0.2) is 38.5 Å². The minimum atomic E-state index is -0.151. The van der Waals surface area contributed by atoms with Crippen molar-refractivity contribution >= 4 is 0 Å². The van der Waals surface area contributed by atoms with Gasteiger partial charge < -0.3 is 14.4 Å². The summed E-state index contributed by atoms with van der Waals surface area (Å²) in [7, 11) is 3.33. The van der Waals surface area contributed by atoms with Crippen LogP contribution in [0.1, 0.15) is 20.8 Å². The summed E-state index contributed by atoms with van der Waals surface area (Å²) in [4.78, 5) is 2.24. The Morgan fingerprint density at radius 2 is 1.64 bits per heavy atom. The van der Waals surface area contributed by atoms with Crippen molar-refractivity contribution in [2.24, 2.45) is 5.92 Å². The zero-order chi connectivity index (χ0) is 11.0. The van der Waals surface area contributed by atoms with Crippen molar-refractivity contribution in [3.8, 4) is 0 Å². The molecule has 3 nitrogen and oxygen atoms in total. The quantitative estimate of drug-likeness (QED) is 0.589. The number of methoxy groups -OCH3 is 2. The Bertz CT molecular complexity index is 151. The maximum absolute atomic E-state index is 5.17. The molecule has 0 unspecified atom stereocenters. The Morgan fingerprint density at radius 3 is 2.00 bits per heavy atom. The minimum Gasteiger partial charge on any atom is -0.378 e. The summed E-state index contributed by atoms with van der Waals surface area (Å²) in [5.41, 5.74) is 0. The van der Waals surface area contributed by atoms with E-state index >= 15 is 0 Å². The Balaban J connectivity index is 4.06. The van der Waals surface area contributed by atoms with Gasteiger partial charge in [-0.1, -0.05) is 13.0 Å². The van der Waals surface area contributed by atoms with E-state index < -0.39 is 0 Å². The zero-order valence-electron chi connectivity index (χ0n) is 9.99. The standard InChI is InChI=1S/C11H23NO2/c1-6-12(7-2)9-8-10(3)11(13-4)14-5/h8-11H,6-7H2,1-5H3/t10-/m0/s1. The topological polar surface area (TPSA) is 21.7 Å². The fourth-order valence-electron chi connectivity index (χ4n) is 1.31. The van der Waals surface area contributed by atoms with E-state index in [-0.39, 0.29) is 12.2 Å². The molecular formula is C11H23NO2. The van der Waals surface area contributed by atoms with Crippen LogP contribution in [0.4, 0.5) is 0 Å². The molecule has 0 saturated carbocycles. The first kappa shape index (κ1) is 13.5. The average Bonchev–Trinajstić information content (AvgIpc) is 2.21. The molecule has 0 bridgehead atoms. The Kier molecular flexibility index (Phi) is 7.52. The lowest BCUT2D eigenvalue weighted by atomic mass is 10.1. The van der Waals surface area contributed by atoms with Gasteiger partial charge in [0.05, 0.1) is 0 Å². The van der Waals surface area contributed by atoms with Crippen molar-refractivity contribution in [1.82, 2.24) is 4.90 Å². The van der Waals surface area contributed by atoms with Gasteiger partial charge in [-0.15, -0.1) is 0 Å². The van der Waals surface area contributed by atoms with E-state index in [1.807, 2.05) is 0 Å². The molecule has 0 aromatic carbocycles. The highest BCUT2D eigenvalue weighted by Crippen LogP contribution is 2.09. The third kappa shape index (κ3) is 4.63. The number of hydrogen-bond acceptors (Lipinski definition) is 3. The molecule has 0 rings (SSSR count). The van der Waals surface area contributed by atoms with Gasteiger partial charge >= 0.3 is 0 Å². The lowest BCUT2D eigenvalue weighted by Crippen LogP contribution is -2.22. The van der Waals surface area contributed by atoms with Gasteiger partial charge in [-0.3, -0.25) is 0 Å². The van der Waals surface area contributed by atoms with Crippen molar-refractivity contribution in [2.75, 3.05) is 27.3 Å². The second-order valence-electron chi connectivity index (χ2n) is 3.26. The first-order valence-electron chi connectivity index (χ1n) is 5.17. The summed E-state index contributed by atoms with van der Waals surface area (Å²) in [5.74, 6) is 0.269. The van der Waals surface area contributed by atoms with Gasteiger partial charge in [0.25, 0.3) is 0 Å². The van der Waals surface area contributed by atoms with E-state index in [4.69, 9.17) is 9.47 Å². The van der Waals surface area contributed by atoms with Crippen molar-refractivity contribution in [2.45, 2.75) is 27.1 Å². The van der Waals surface area contributed by atoms with Gasteiger partial charge in [0.2, 0.25) is 0 Å². The highest BCUT2D eigenvalue weighted by molar-refractivity contribution is 4.87. The molecular weight excluding hydrogens is 178 g/mol. The molecule has 0 aromatic rings. The SMILES string of the molecule is CCN(C=C[C@H](C)C(OC)OC)CC. The van der Waals surface area contributed by atoms with Crippen LogP contribution >= 0.6 is 0 Å². The summed E-state index contributed by atoms with van der Waals surface area (Å²) >= 11 is 0. The van der Waals surface area contributed by atoms with Gasteiger partial charge in [-0.05, 0) is 20.0 Å². The molecule has 0 radical (unpaired) electrons. The van der Waals surface area contributed by atoms with E-state index in [1.165, 1.54) is 0 Å². The van der Waals surface area contributed by atoms with Crippen molar-refractivity contribution < 1.29 is 9.47 Å². The number of ether oxygens (including phenoxy) is 2. The van der Waals surface area contributed by atoms with Gasteiger partial charge in [0, 0.05) is 33.2 Å². The Hall–Kier alpha value is -0.540. The highest BCUT2D eigenvalue weighted by atomic mass is 16.7. The van der Waals surface area contributed by atoms with E-state index in [9.17, 15) is 0 Å². The Morgan fingerprint density at radius 1 is 1.14 bits per heavy atom. The van der Waals surface area contributed by atoms with Gasteiger partial charge in [0.1, 0.15) is 0 Å². The normalized spacial score (nSPS) is 13.9. The fourth-order valence-corrected chi connectivity index (χ4v) is 1.31. The lowest BCUT2D eigenvalue weighted by Gasteiger charge is -2.20. The monoisotopic (exact) mass is 201 g/mol. The summed E-state index contributed by atoms with van der Waals surface area (Å²) in [6, 6.07) is 0. The molecule has 0 aliphatic rings. The maximum atomic E-state index is 5.17. The summed E-state index contributed by atoms with van der Waals surface area (Å²) in [5, 5.41) is 0. The van der Waals surface area contributed by atoms with Crippen LogP contribution < -0.4 is 0 Å². The third-order valence-electron chi connectivity index (χ3n) is 2.31. The second kappa shape index (κ2) is 7.83. The fraction of sp³-hybridized carbons (Fsp3) is 0.818. The summed E-state index contributed by atoms with van der Waals surface area (Å²) in [6.07, 6.45) is 4.07. The van der Waals surface area contributed by atoms with Crippen LogP contribution in [0.15, 0.2) is 12.3 Å². The van der Waals surface area contributed by atoms with Gasteiger partial charge in [-0.2, -0.15) is 0 Å². The Labute approximate surface area is 87.7 Å². The summed E-state index contributed by atoms with van der Waals surface area (Å²) < 4.78 is 10.3. The van der Waals surface area contributed by atoms with E-state index in [0.29, 0.717) is 0 Å². The molecule has 0 aliphatic carbocycles. The van der Waals surface area contributed by atoms with Crippen LogP contribution in [0.3, 0.4) is 0 Å². The molecule has 0 spiro atoms. The molecule has 0 amide bonds. The van der Waals surface area contributed by atoms with E-state index in [1.54, 1.807) is 14.2 Å². The first-order valence-corrected chi connectivity index (χ1v) is 5.17. The van der Waals surface area contributed by atoms with Crippen molar-refractivity contribution in [1.29, 1.82) is 0 Å². The minimum absolute atomic E-state index is 0.151. The zero-order valence-corrected chi connectivity index (χ0v) is 9.99.